The maximum atomic E-state index is 6.05. The molecule has 0 saturated heterocycles. The summed E-state index contributed by atoms with van der Waals surface area (Å²) in [6, 6.07) is 1.99. The van der Waals surface area contributed by atoms with Crippen LogP contribution in [-0.4, -0.2) is 32.8 Å². The molecule has 2 heterocycles. The van der Waals surface area contributed by atoms with E-state index in [4.69, 9.17) is 11.6 Å². The first-order valence-electron chi connectivity index (χ1n) is 6.18. The van der Waals surface area contributed by atoms with Crippen LogP contribution in [0.1, 0.15) is 12.6 Å². The summed E-state index contributed by atoms with van der Waals surface area (Å²) >= 11 is 6.05. The molecule has 102 valence electrons. The van der Waals surface area contributed by atoms with Crippen LogP contribution in [0.4, 0.5) is 11.8 Å². The molecule has 0 amide bonds. The second-order valence-corrected chi connectivity index (χ2v) is 4.49. The van der Waals surface area contributed by atoms with E-state index in [2.05, 4.69) is 25.7 Å². The zero-order valence-corrected chi connectivity index (χ0v) is 11.8. The van der Waals surface area contributed by atoms with Crippen molar-refractivity contribution in [3.63, 3.8) is 0 Å². The van der Waals surface area contributed by atoms with E-state index in [0.29, 0.717) is 16.8 Å². The maximum absolute atomic E-state index is 6.05. The van der Waals surface area contributed by atoms with Crippen LogP contribution in [-0.2, 0) is 13.5 Å². The van der Waals surface area contributed by atoms with Gasteiger partial charge >= 0.3 is 0 Å². The van der Waals surface area contributed by atoms with Crippen molar-refractivity contribution < 1.29 is 0 Å². The van der Waals surface area contributed by atoms with Gasteiger partial charge in [-0.15, -0.1) is 0 Å². The minimum Gasteiger partial charge on any atom is -0.368 e. The van der Waals surface area contributed by atoms with E-state index in [9.17, 15) is 0 Å². The Morgan fingerprint density at radius 2 is 2.21 bits per heavy atom. The monoisotopic (exact) mass is 280 g/mol. The summed E-state index contributed by atoms with van der Waals surface area (Å²) < 4.78 is 1.79. The van der Waals surface area contributed by atoms with Gasteiger partial charge in [0.15, 0.2) is 0 Å². The number of nitrogens with one attached hydrogen (secondary N) is 2. The molecule has 0 aliphatic carbocycles. The van der Waals surface area contributed by atoms with Gasteiger partial charge in [0, 0.05) is 32.8 Å². The van der Waals surface area contributed by atoms with Gasteiger partial charge in [0.2, 0.25) is 5.95 Å². The lowest BCUT2D eigenvalue weighted by molar-refractivity contribution is 0.742. The zero-order chi connectivity index (χ0) is 13.7. The molecule has 0 saturated carbocycles. The van der Waals surface area contributed by atoms with Gasteiger partial charge in [-0.25, -0.2) is 4.98 Å². The van der Waals surface area contributed by atoms with Gasteiger partial charge in [-0.05, 0) is 13.0 Å². The second kappa shape index (κ2) is 6.38. The van der Waals surface area contributed by atoms with Crippen molar-refractivity contribution in [2.75, 3.05) is 23.7 Å². The normalized spacial score (nSPS) is 10.5. The predicted octanol–water partition coefficient (Wildman–Crippen LogP) is 1.95. The Labute approximate surface area is 117 Å². The van der Waals surface area contributed by atoms with Crippen LogP contribution in [0.2, 0.25) is 5.02 Å². The Morgan fingerprint density at radius 1 is 1.37 bits per heavy atom. The summed E-state index contributed by atoms with van der Waals surface area (Å²) in [5.41, 5.74) is 1.03. The minimum atomic E-state index is 0.516. The fourth-order valence-corrected chi connectivity index (χ4v) is 1.80. The number of hydrogen-bond acceptors (Lipinski definition) is 5. The highest BCUT2D eigenvalue weighted by molar-refractivity contribution is 6.32. The Bertz CT molecular complexity index is 539. The summed E-state index contributed by atoms with van der Waals surface area (Å²) in [7, 11) is 1.90. The quantitative estimate of drug-likeness (QED) is 0.846. The molecule has 0 spiro atoms. The molecule has 19 heavy (non-hydrogen) atoms. The molecule has 0 radical (unpaired) electrons. The second-order valence-electron chi connectivity index (χ2n) is 4.08. The van der Waals surface area contributed by atoms with Crippen molar-refractivity contribution in [3.05, 3.63) is 29.2 Å². The van der Waals surface area contributed by atoms with Gasteiger partial charge in [0.25, 0.3) is 0 Å². The van der Waals surface area contributed by atoms with Crippen LogP contribution >= 0.6 is 11.6 Å². The number of aryl methyl sites for hydroxylation is 1. The first-order chi connectivity index (χ1) is 9.19. The van der Waals surface area contributed by atoms with Crippen molar-refractivity contribution in [1.82, 2.24) is 19.7 Å². The van der Waals surface area contributed by atoms with Crippen LogP contribution in [0.3, 0.4) is 0 Å². The molecule has 0 aliphatic rings. The molecule has 0 aliphatic heterocycles. The third-order valence-corrected chi connectivity index (χ3v) is 2.80. The minimum absolute atomic E-state index is 0.516. The smallest absolute Gasteiger partial charge is 0.224 e. The largest absolute Gasteiger partial charge is 0.368 e. The van der Waals surface area contributed by atoms with Gasteiger partial charge in [-0.1, -0.05) is 11.6 Å². The van der Waals surface area contributed by atoms with E-state index in [0.717, 1.165) is 25.2 Å². The van der Waals surface area contributed by atoms with E-state index in [1.807, 2.05) is 26.2 Å². The van der Waals surface area contributed by atoms with E-state index >= 15 is 0 Å². The summed E-state index contributed by atoms with van der Waals surface area (Å²) in [5, 5.41) is 11.1. The van der Waals surface area contributed by atoms with Crippen LogP contribution in [0.5, 0.6) is 0 Å². The van der Waals surface area contributed by atoms with Crippen molar-refractivity contribution in [2.45, 2.75) is 13.3 Å². The molecule has 0 aromatic carbocycles. The summed E-state index contributed by atoms with van der Waals surface area (Å²) in [6.07, 6.45) is 4.34. The molecular formula is C12H17ClN6. The van der Waals surface area contributed by atoms with Crippen LogP contribution in [0.25, 0.3) is 0 Å². The zero-order valence-electron chi connectivity index (χ0n) is 11.0. The molecule has 2 N–H and O–H groups in total. The molecule has 0 atom stereocenters. The molecule has 2 aromatic heterocycles. The highest BCUT2D eigenvalue weighted by atomic mass is 35.5. The first-order valence-corrected chi connectivity index (χ1v) is 6.55. The van der Waals surface area contributed by atoms with Crippen LogP contribution in [0, 0.1) is 0 Å². The molecule has 2 aromatic rings. The fourth-order valence-electron chi connectivity index (χ4n) is 1.64. The Hall–Kier alpha value is -1.82. The highest BCUT2D eigenvalue weighted by Crippen LogP contribution is 2.19. The lowest BCUT2D eigenvalue weighted by Gasteiger charge is -2.08. The number of halogens is 1. The van der Waals surface area contributed by atoms with E-state index < -0.39 is 0 Å². The standard InChI is InChI=1S/C12H17ClN6/c1-3-14-12-16-8-10(13)11(17-12)15-6-4-9-5-7-19(2)18-9/h5,7-8H,3-4,6H2,1-2H3,(H2,14,15,16,17). The number of rotatable bonds is 6. The molecule has 7 heteroatoms. The Kier molecular flexibility index (Phi) is 4.57. The maximum Gasteiger partial charge on any atom is 0.224 e. The predicted molar refractivity (Wildman–Crippen MR) is 76.6 cm³/mol. The molecule has 0 fully saturated rings. The number of hydrogen-bond donors (Lipinski definition) is 2. The summed E-state index contributed by atoms with van der Waals surface area (Å²) in [5.74, 6) is 1.22. The highest BCUT2D eigenvalue weighted by Gasteiger charge is 2.05. The molecule has 0 bridgehead atoms. The molecule has 2 rings (SSSR count). The summed E-state index contributed by atoms with van der Waals surface area (Å²) in [4.78, 5) is 8.40. The SMILES string of the molecule is CCNc1ncc(Cl)c(NCCc2ccn(C)n2)n1. The van der Waals surface area contributed by atoms with E-state index in [1.165, 1.54) is 0 Å². The van der Waals surface area contributed by atoms with Crippen LogP contribution < -0.4 is 10.6 Å². The Balaban J connectivity index is 1.93. The topological polar surface area (TPSA) is 67.7 Å². The van der Waals surface area contributed by atoms with Crippen molar-refractivity contribution in [3.8, 4) is 0 Å². The van der Waals surface area contributed by atoms with Gasteiger partial charge in [0.1, 0.15) is 10.8 Å². The number of nitrogens with zero attached hydrogens (tertiary/aromatic N) is 4. The Morgan fingerprint density at radius 3 is 2.89 bits per heavy atom. The third-order valence-electron chi connectivity index (χ3n) is 2.52. The third kappa shape index (κ3) is 3.82. The van der Waals surface area contributed by atoms with Gasteiger partial charge in [-0.2, -0.15) is 10.1 Å². The molecular weight excluding hydrogens is 264 g/mol. The van der Waals surface area contributed by atoms with Crippen molar-refractivity contribution in [2.24, 2.45) is 7.05 Å². The fraction of sp³-hybridized carbons (Fsp3) is 0.417. The molecule has 0 unspecified atom stereocenters. The average Bonchev–Trinajstić information content (AvgIpc) is 2.79. The van der Waals surface area contributed by atoms with Gasteiger partial charge < -0.3 is 10.6 Å². The van der Waals surface area contributed by atoms with E-state index in [1.54, 1.807) is 10.9 Å². The van der Waals surface area contributed by atoms with Gasteiger partial charge in [0.05, 0.1) is 11.9 Å². The number of aromatic nitrogens is 4. The van der Waals surface area contributed by atoms with Crippen molar-refractivity contribution >= 4 is 23.4 Å². The van der Waals surface area contributed by atoms with E-state index in [-0.39, 0.29) is 0 Å². The lowest BCUT2D eigenvalue weighted by Crippen LogP contribution is -2.10. The first kappa shape index (κ1) is 13.6. The lowest BCUT2D eigenvalue weighted by atomic mass is 10.3. The molecule has 6 nitrogen and oxygen atoms in total. The average molecular weight is 281 g/mol. The van der Waals surface area contributed by atoms with Gasteiger partial charge in [-0.3, -0.25) is 4.68 Å². The number of anilines is 2. The summed E-state index contributed by atoms with van der Waals surface area (Å²) in [6.45, 7) is 3.49. The van der Waals surface area contributed by atoms with Crippen molar-refractivity contribution in [1.29, 1.82) is 0 Å². The van der Waals surface area contributed by atoms with Crippen LogP contribution in [0.15, 0.2) is 18.5 Å².